The molecule has 0 saturated carbocycles. The summed E-state index contributed by atoms with van der Waals surface area (Å²) in [6.07, 6.45) is 0. The quantitative estimate of drug-likeness (QED) is 0.748. The molecule has 6 heteroatoms. The number of rotatable bonds is 3. The molecule has 1 N–H and O–H groups in total. The summed E-state index contributed by atoms with van der Waals surface area (Å²) >= 11 is 7.53. The lowest BCUT2D eigenvalue weighted by molar-refractivity contribution is 0.102. The van der Waals surface area contributed by atoms with E-state index in [9.17, 15) is 4.79 Å². The van der Waals surface area contributed by atoms with Gasteiger partial charge in [0.05, 0.1) is 5.69 Å². The molecule has 23 heavy (non-hydrogen) atoms. The molecule has 1 aromatic carbocycles. The number of benzene rings is 1. The first-order valence-electron chi connectivity index (χ1n) is 7.00. The number of halogens is 1. The van der Waals surface area contributed by atoms with E-state index in [1.165, 1.54) is 11.3 Å². The third kappa shape index (κ3) is 3.57. The summed E-state index contributed by atoms with van der Waals surface area (Å²) in [6.45, 7) is 3.80. The van der Waals surface area contributed by atoms with Crippen molar-refractivity contribution in [3.05, 3.63) is 63.8 Å². The number of hydrogen-bond donors (Lipinski definition) is 1. The highest BCUT2D eigenvalue weighted by Gasteiger charge is 2.13. The van der Waals surface area contributed by atoms with E-state index in [0.29, 0.717) is 15.8 Å². The second kappa shape index (κ2) is 6.48. The van der Waals surface area contributed by atoms with Crippen molar-refractivity contribution in [3.63, 3.8) is 0 Å². The summed E-state index contributed by atoms with van der Waals surface area (Å²) in [5.41, 5.74) is 3.78. The van der Waals surface area contributed by atoms with Gasteiger partial charge in [0.15, 0.2) is 5.13 Å². The van der Waals surface area contributed by atoms with Crippen LogP contribution in [-0.4, -0.2) is 15.9 Å². The Hall–Kier alpha value is -2.24. The molecule has 2 aromatic heterocycles. The SMILES string of the molecule is Cc1cc(C)nc(C(=O)Nc2nc(-c3ccccc3Cl)cs2)c1. The van der Waals surface area contributed by atoms with Crippen LogP contribution in [-0.2, 0) is 0 Å². The molecule has 0 spiro atoms. The molecule has 0 saturated heterocycles. The van der Waals surface area contributed by atoms with E-state index in [-0.39, 0.29) is 5.91 Å². The molecule has 3 aromatic rings. The molecule has 0 fully saturated rings. The van der Waals surface area contributed by atoms with Gasteiger partial charge < -0.3 is 0 Å². The minimum absolute atomic E-state index is 0.267. The second-order valence-corrected chi connectivity index (χ2v) is 6.41. The predicted octanol–water partition coefficient (Wildman–Crippen LogP) is 4.73. The molecule has 0 aliphatic rings. The van der Waals surface area contributed by atoms with Gasteiger partial charge in [-0.1, -0.05) is 29.8 Å². The summed E-state index contributed by atoms with van der Waals surface area (Å²) in [7, 11) is 0. The van der Waals surface area contributed by atoms with Crippen LogP contribution in [0, 0.1) is 13.8 Å². The van der Waals surface area contributed by atoms with Crippen molar-refractivity contribution < 1.29 is 4.79 Å². The number of nitrogens with zero attached hydrogens (tertiary/aromatic N) is 2. The molecule has 4 nitrogen and oxygen atoms in total. The number of carbonyl (C=O) groups excluding carboxylic acids is 1. The Kier molecular flexibility index (Phi) is 4.41. The van der Waals surface area contributed by atoms with Crippen LogP contribution in [0.2, 0.25) is 5.02 Å². The van der Waals surface area contributed by atoms with Crippen molar-refractivity contribution in [3.8, 4) is 11.3 Å². The Labute approximate surface area is 143 Å². The largest absolute Gasteiger partial charge is 0.296 e. The van der Waals surface area contributed by atoms with Gasteiger partial charge >= 0.3 is 0 Å². The molecule has 0 atom stereocenters. The van der Waals surface area contributed by atoms with E-state index in [4.69, 9.17) is 11.6 Å². The number of pyridine rings is 1. The standard InChI is InChI=1S/C17H14ClN3OS/c1-10-7-11(2)19-14(8-10)16(22)21-17-20-15(9-23-17)12-5-3-4-6-13(12)18/h3-9H,1-2H3,(H,20,21,22). The van der Waals surface area contributed by atoms with Crippen molar-refractivity contribution >= 4 is 34.0 Å². The Morgan fingerprint density at radius 1 is 1.17 bits per heavy atom. The van der Waals surface area contributed by atoms with E-state index < -0.39 is 0 Å². The van der Waals surface area contributed by atoms with Gasteiger partial charge in [0, 0.05) is 21.7 Å². The van der Waals surface area contributed by atoms with Gasteiger partial charge in [-0.15, -0.1) is 11.3 Å². The number of anilines is 1. The highest BCUT2D eigenvalue weighted by Crippen LogP contribution is 2.30. The molecular weight excluding hydrogens is 330 g/mol. The third-order valence-electron chi connectivity index (χ3n) is 3.20. The summed E-state index contributed by atoms with van der Waals surface area (Å²) < 4.78 is 0. The monoisotopic (exact) mass is 343 g/mol. The van der Waals surface area contributed by atoms with E-state index >= 15 is 0 Å². The van der Waals surface area contributed by atoms with Gasteiger partial charge in [-0.2, -0.15) is 0 Å². The molecule has 0 bridgehead atoms. The molecule has 1 amide bonds. The minimum Gasteiger partial charge on any atom is -0.296 e. The van der Waals surface area contributed by atoms with Gasteiger partial charge in [-0.25, -0.2) is 9.97 Å². The molecule has 116 valence electrons. The number of thiazole rings is 1. The fraction of sp³-hybridized carbons (Fsp3) is 0.118. The first-order valence-corrected chi connectivity index (χ1v) is 8.26. The molecular formula is C17H14ClN3OS. The zero-order valence-electron chi connectivity index (χ0n) is 12.6. The highest BCUT2D eigenvalue weighted by molar-refractivity contribution is 7.14. The average Bonchev–Trinajstić information content (AvgIpc) is 2.95. The van der Waals surface area contributed by atoms with E-state index in [1.807, 2.05) is 49.6 Å². The van der Waals surface area contributed by atoms with Crippen molar-refractivity contribution in [2.75, 3.05) is 5.32 Å². The third-order valence-corrected chi connectivity index (χ3v) is 4.29. The lowest BCUT2D eigenvalue weighted by atomic mass is 10.2. The summed E-state index contributed by atoms with van der Waals surface area (Å²) in [5.74, 6) is -0.267. The second-order valence-electron chi connectivity index (χ2n) is 5.14. The molecule has 0 unspecified atom stereocenters. The van der Waals surface area contributed by atoms with Crippen LogP contribution in [0.15, 0.2) is 41.8 Å². The van der Waals surface area contributed by atoms with Crippen LogP contribution in [0.25, 0.3) is 11.3 Å². The Balaban J connectivity index is 1.82. The average molecular weight is 344 g/mol. The topological polar surface area (TPSA) is 54.9 Å². The van der Waals surface area contributed by atoms with Gasteiger partial charge in [0.1, 0.15) is 5.69 Å². The first-order chi connectivity index (χ1) is 11.0. The minimum atomic E-state index is -0.267. The molecule has 0 radical (unpaired) electrons. The molecule has 3 rings (SSSR count). The van der Waals surface area contributed by atoms with E-state index in [2.05, 4.69) is 15.3 Å². The van der Waals surface area contributed by atoms with E-state index in [0.717, 1.165) is 22.5 Å². The van der Waals surface area contributed by atoms with Gasteiger partial charge in [-0.05, 0) is 37.6 Å². The maximum Gasteiger partial charge on any atom is 0.276 e. The number of amides is 1. The molecule has 0 aliphatic carbocycles. The maximum absolute atomic E-state index is 12.3. The lowest BCUT2D eigenvalue weighted by Crippen LogP contribution is -2.14. The number of aryl methyl sites for hydroxylation is 2. The van der Waals surface area contributed by atoms with E-state index in [1.54, 1.807) is 6.07 Å². The Morgan fingerprint density at radius 2 is 1.96 bits per heavy atom. The number of hydrogen-bond acceptors (Lipinski definition) is 4. The zero-order chi connectivity index (χ0) is 16.4. The maximum atomic E-state index is 12.3. The fourth-order valence-electron chi connectivity index (χ4n) is 2.24. The molecule has 2 heterocycles. The van der Waals surface area contributed by atoms with Crippen LogP contribution in [0.4, 0.5) is 5.13 Å². The van der Waals surface area contributed by atoms with Gasteiger partial charge in [0.25, 0.3) is 5.91 Å². The summed E-state index contributed by atoms with van der Waals surface area (Å²) in [5, 5.41) is 5.80. The normalized spacial score (nSPS) is 10.6. The molecule has 0 aliphatic heterocycles. The van der Waals surface area contributed by atoms with Crippen LogP contribution in [0.5, 0.6) is 0 Å². The fourth-order valence-corrected chi connectivity index (χ4v) is 3.18. The highest BCUT2D eigenvalue weighted by atomic mass is 35.5. The number of aromatic nitrogens is 2. The van der Waals surface area contributed by atoms with Crippen LogP contribution in [0.1, 0.15) is 21.7 Å². The van der Waals surface area contributed by atoms with Gasteiger partial charge in [0.2, 0.25) is 0 Å². The number of carbonyl (C=O) groups is 1. The smallest absolute Gasteiger partial charge is 0.276 e. The van der Waals surface area contributed by atoms with Crippen molar-refractivity contribution in [2.24, 2.45) is 0 Å². The summed E-state index contributed by atoms with van der Waals surface area (Å²) in [4.78, 5) is 21.0. The zero-order valence-corrected chi connectivity index (χ0v) is 14.2. The Morgan fingerprint density at radius 3 is 2.70 bits per heavy atom. The van der Waals surface area contributed by atoms with Crippen molar-refractivity contribution in [1.29, 1.82) is 0 Å². The first kappa shape index (κ1) is 15.6. The van der Waals surface area contributed by atoms with Gasteiger partial charge in [-0.3, -0.25) is 10.1 Å². The predicted molar refractivity (Wildman–Crippen MR) is 94.2 cm³/mol. The lowest BCUT2D eigenvalue weighted by Gasteiger charge is -2.04. The van der Waals surface area contributed by atoms with Crippen molar-refractivity contribution in [1.82, 2.24) is 9.97 Å². The Bertz CT molecular complexity index is 856. The summed E-state index contributed by atoms with van der Waals surface area (Å²) in [6, 6.07) is 11.2. The van der Waals surface area contributed by atoms with Crippen molar-refractivity contribution in [2.45, 2.75) is 13.8 Å². The van der Waals surface area contributed by atoms with Crippen LogP contribution < -0.4 is 5.32 Å². The van der Waals surface area contributed by atoms with Crippen LogP contribution >= 0.6 is 22.9 Å². The number of nitrogens with one attached hydrogen (secondary N) is 1. The van der Waals surface area contributed by atoms with Crippen LogP contribution in [0.3, 0.4) is 0 Å².